The Labute approximate surface area is 155 Å². The molecule has 3 rings (SSSR count). The molecule has 0 bridgehead atoms. The summed E-state index contributed by atoms with van der Waals surface area (Å²) in [5, 5.41) is 4.72. The van der Waals surface area contributed by atoms with E-state index in [0.29, 0.717) is 5.69 Å². The lowest BCUT2D eigenvalue weighted by Gasteiger charge is -2.11. The van der Waals surface area contributed by atoms with Crippen molar-refractivity contribution < 1.29 is 14.3 Å². The van der Waals surface area contributed by atoms with Crippen molar-refractivity contribution in [2.75, 3.05) is 11.9 Å². The minimum atomic E-state index is -0.551. The van der Waals surface area contributed by atoms with Gasteiger partial charge in [0.1, 0.15) is 0 Å². The van der Waals surface area contributed by atoms with Crippen molar-refractivity contribution in [2.45, 2.75) is 0 Å². The molecule has 130 valence electrons. The lowest BCUT2D eigenvalue weighted by atomic mass is 10.0. The first kappa shape index (κ1) is 17.6. The number of ether oxygens (including phenoxy) is 1. The number of nitrogens with one attached hydrogen (secondary N) is 1. The predicted octanol–water partition coefficient (Wildman–Crippen LogP) is 4.61. The summed E-state index contributed by atoms with van der Waals surface area (Å²) < 4.78 is 4.99. The van der Waals surface area contributed by atoms with E-state index >= 15 is 0 Å². The number of hydrogen-bond acceptors (Lipinski definition) is 4. The minimum Gasteiger partial charge on any atom is -0.452 e. The second-order valence-electron chi connectivity index (χ2n) is 5.42. The lowest BCUT2D eigenvalue weighted by molar-refractivity contribution is -0.142. The van der Waals surface area contributed by atoms with Gasteiger partial charge in [0.05, 0.1) is 0 Å². The Morgan fingerprint density at radius 2 is 1.73 bits per heavy atom. The van der Waals surface area contributed by atoms with Crippen molar-refractivity contribution in [3.05, 3.63) is 83.1 Å². The van der Waals surface area contributed by atoms with Gasteiger partial charge in [0, 0.05) is 22.2 Å². The second kappa shape index (κ2) is 8.78. The fraction of sp³-hybridized carbons (Fsp3) is 0.0476. The molecule has 0 unspecified atom stereocenters. The number of para-hydroxylation sites is 1. The summed E-state index contributed by atoms with van der Waals surface area (Å²) in [6.45, 7) is -0.337. The van der Waals surface area contributed by atoms with Gasteiger partial charge in [0.25, 0.3) is 5.91 Å². The molecule has 3 aromatic rings. The van der Waals surface area contributed by atoms with Gasteiger partial charge in [-0.15, -0.1) is 11.3 Å². The zero-order chi connectivity index (χ0) is 18.2. The van der Waals surface area contributed by atoms with Gasteiger partial charge >= 0.3 is 5.97 Å². The molecule has 26 heavy (non-hydrogen) atoms. The van der Waals surface area contributed by atoms with Crippen LogP contribution in [0.2, 0.25) is 0 Å². The Morgan fingerprint density at radius 3 is 2.50 bits per heavy atom. The van der Waals surface area contributed by atoms with E-state index in [1.165, 1.54) is 17.4 Å². The first-order valence-electron chi connectivity index (χ1n) is 8.05. The number of carbonyl (C=O) groups excluding carboxylic acids is 2. The van der Waals surface area contributed by atoms with E-state index in [-0.39, 0.29) is 12.5 Å². The van der Waals surface area contributed by atoms with Gasteiger partial charge in [0.2, 0.25) is 0 Å². The molecule has 5 heteroatoms. The molecular weight excluding hydrogens is 346 g/mol. The molecule has 0 atom stereocenters. The molecule has 4 nitrogen and oxygen atoms in total. The maximum absolute atomic E-state index is 12.1. The first-order chi connectivity index (χ1) is 12.7. The Balaban J connectivity index is 1.58. The molecule has 1 N–H and O–H groups in total. The topological polar surface area (TPSA) is 55.4 Å². The van der Waals surface area contributed by atoms with Gasteiger partial charge in [-0.2, -0.15) is 0 Å². The van der Waals surface area contributed by atoms with E-state index in [1.807, 2.05) is 72.1 Å². The summed E-state index contributed by atoms with van der Waals surface area (Å²) in [5.41, 5.74) is 2.58. The fourth-order valence-electron chi connectivity index (χ4n) is 2.37. The molecule has 0 aliphatic heterocycles. The molecule has 1 amide bonds. The van der Waals surface area contributed by atoms with Crippen LogP contribution in [0.3, 0.4) is 0 Å². The van der Waals surface area contributed by atoms with Gasteiger partial charge in [-0.05, 0) is 29.2 Å². The van der Waals surface area contributed by atoms with Crippen molar-refractivity contribution in [1.29, 1.82) is 0 Å². The van der Waals surface area contributed by atoms with Crippen molar-refractivity contribution in [3.8, 4) is 11.1 Å². The fourth-order valence-corrected chi connectivity index (χ4v) is 2.99. The van der Waals surface area contributed by atoms with Gasteiger partial charge in [0.15, 0.2) is 6.61 Å². The molecule has 0 saturated carbocycles. The summed E-state index contributed by atoms with van der Waals surface area (Å²) in [7, 11) is 0. The van der Waals surface area contributed by atoms with E-state index in [4.69, 9.17) is 4.74 Å². The highest BCUT2D eigenvalue weighted by molar-refractivity contribution is 7.10. The highest BCUT2D eigenvalue weighted by Gasteiger charge is 2.09. The normalized spacial score (nSPS) is 10.6. The maximum atomic E-state index is 12.1. The predicted molar refractivity (Wildman–Crippen MR) is 105 cm³/mol. The quantitative estimate of drug-likeness (QED) is 0.514. The number of esters is 1. The molecule has 0 aliphatic rings. The van der Waals surface area contributed by atoms with Crippen LogP contribution in [0.4, 0.5) is 5.69 Å². The first-order valence-corrected chi connectivity index (χ1v) is 8.93. The lowest BCUT2D eigenvalue weighted by Crippen LogP contribution is -2.20. The molecular formula is C21H17NO3S. The summed E-state index contributed by atoms with van der Waals surface area (Å²) in [4.78, 5) is 24.8. The van der Waals surface area contributed by atoms with Crippen LogP contribution in [0, 0.1) is 0 Å². The number of anilines is 1. The Bertz CT molecular complexity index is 902. The molecule has 0 spiro atoms. The van der Waals surface area contributed by atoms with Crippen molar-refractivity contribution in [3.63, 3.8) is 0 Å². The molecule has 0 saturated heterocycles. The van der Waals surface area contributed by atoms with Crippen LogP contribution in [0.25, 0.3) is 17.2 Å². The summed E-state index contributed by atoms with van der Waals surface area (Å²) in [5.74, 6) is -0.934. The third-order valence-electron chi connectivity index (χ3n) is 3.56. The summed E-state index contributed by atoms with van der Waals surface area (Å²) >= 11 is 1.52. The average molecular weight is 363 g/mol. The monoisotopic (exact) mass is 363 g/mol. The van der Waals surface area contributed by atoms with Crippen LogP contribution in [0.5, 0.6) is 0 Å². The minimum absolute atomic E-state index is 0.337. The number of carbonyl (C=O) groups is 2. The van der Waals surface area contributed by atoms with E-state index in [9.17, 15) is 9.59 Å². The van der Waals surface area contributed by atoms with Crippen LogP contribution in [0.1, 0.15) is 4.88 Å². The molecule has 0 radical (unpaired) electrons. The third-order valence-corrected chi connectivity index (χ3v) is 4.40. The average Bonchev–Trinajstić information content (AvgIpc) is 3.19. The number of rotatable bonds is 6. The van der Waals surface area contributed by atoms with Crippen molar-refractivity contribution in [2.24, 2.45) is 0 Å². The highest BCUT2D eigenvalue weighted by atomic mass is 32.1. The van der Waals surface area contributed by atoms with E-state index in [1.54, 1.807) is 6.08 Å². The smallest absolute Gasteiger partial charge is 0.331 e. The van der Waals surface area contributed by atoms with Crippen molar-refractivity contribution >= 4 is 35.0 Å². The van der Waals surface area contributed by atoms with E-state index in [2.05, 4.69) is 5.32 Å². The number of thiophene rings is 1. The number of hydrogen-bond donors (Lipinski definition) is 1. The number of amides is 1. The molecule has 1 heterocycles. The Morgan fingerprint density at radius 1 is 0.962 bits per heavy atom. The standard InChI is InChI=1S/C21H17NO3S/c23-20(15-25-21(24)13-12-17-9-6-14-26-17)22-19-11-5-4-10-18(19)16-7-2-1-3-8-16/h1-14H,15H2,(H,22,23). The van der Waals surface area contributed by atoms with Gasteiger partial charge in [-0.3, -0.25) is 4.79 Å². The van der Waals surface area contributed by atoms with Crippen LogP contribution in [-0.2, 0) is 14.3 Å². The molecule has 2 aromatic carbocycles. The summed E-state index contributed by atoms with van der Waals surface area (Å²) in [6.07, 6.45) is 2.98. The highest BCUT2D eigenvalue weighted by Crippen LogP contribution is 2.27. The van der Waals surface area contributed by atoms with Crippen molar-refractivity contribution in [1.82, 2.24) is 0 Å². The van der Waals surface area contributed by atoms with Crippen LogP contribution in [0.15, 0.2) is 78.2 Å². The Hall–Kier alpha value is -3.18. The zero-order valence-corrected chi connectivity index (χ0v) is 14.7. The van der Waals surface area contributed by atoms with Gasteiger partial charge in [-0.1, -0.05) is 54.6 Å². The van der Waals surface area contributed by atoms with Gasteiger partial charge < -0.3 is 10.1 Å². The SMILES string of the molecule is O=C(COC(=O)C=Cc1cccs1)Nc1ccccc1-c1ccccc1. The second-order valence-corrected chi connectivity index (χ2v) is 6.40. The van der Waals surface area contributed by atoms with Gasteiger partial charge in [-0.25, -0.2) is 4.79 Å². The van der Waals surface area contributed by atoms with E-state index in [0.717, 1.165) is 16.0 Å². The van der Waals surface area contributed by atoms with Crippen LogP contribution < -0.4 is 5.32 Å². The summed E-state index contributed by atoms with van der Waals surface area (Å²) in [6, 6.07) is 21.1. The zero-order valence-electron chi connectivity index (χ0n) is 13.9. The number of benzene rings is 2. The Kier molecular flexibility index (Phi) is 5.96. The molecule has 0 aliphatic carbocycles. The van der Waals surface area contributed by atoms with Crippen LogP contribution >= 0.6 is 11.3 Å². The van der Waals surface area contributed by atoms with E-state index < -0.39 is 5.97 Å². The molecule has 1 aromatic heterocycles. The van der Waals surface area contributed by atoms with Crippen LogP contribution in [-0.4, -0.2) is 18.5 Å². The third kappa shape index (κ3) is 4.91. The molecule has 0 fully saturated rings. The maximum Gasteiger partial charge on any atom is 0.331 e. The largest absolute Gasteiger partial charge is 0.452 e.